The first kappa shape index (κ1) is 14.9. The van der Waals surface area contributed by atoms with Crippen LogP contribution in [0.15, 0.2) is 12.1 Å². The molecule has 1 atom stereocenters. The van der Waals surface area contributed by atoms with Gasteiger partial charge in [-0.15, -0.1) is 0 Å². The summed E-state index contributed by atoms with van der Waals surface area (Å²) in [5.41, 5.74) is -0.607. The van der Waals surface area contributed by atoms with Crippen LogP contribution in [0.5, 0.6) is 11.5 Å². The van der Waals surface area contributed by atoms with Gasteiger partial charge in [-0.1, -0.05) is 11.6 Å². The number of aliphatic hydroxyl groups excluding tert-OH is 1. The monoisotopic (exact) mass is 300 g/mol. The molecule has 1 unspecified atom stereocenters. The molecule has 1 aliphatic heterocycles. The number of fused-ring (bicyclic) bond motifs is 1. The lowest BCUT2D eigenvalue weighted by Crippen LogP contribution is -2.33. The first-order valence-corrected chi connectivity index (χ1v) is 6.70. The van der Waals surface area contributed by atoms with Gasteiger partial charge in [0.2, 0.25) is 6.79 Å². The molecule has 6 heteroatoms. The van der Waals surface area contributed by atoms with Crippen LogP contribution in [0.4, 0.5) is 0 Å². The molecule has 1 aliphatic rings. The van der Waals surface area contributed by atoms with E-state index in [0.717, 1.165) is 0 Å². The molecule has 0 radical (unpaired) electrons. The maximum absolute atomic E-state index is 11.9. The van der Waals surface area contributed by atoms with E-state index in [1.54, 1.807) is 32.9 Å². The summed E-state index contributed by atoms with van der Waals surface area (Å²) in [6.45, 7) is 5.31. The molecule has 0 aliphatic carbocycles. The maximum atomic E-state index is 11.9. The molecule has 0 bridgehead atoms. The lowest BCUT2D eigenvalue weighted by atomic mass is 9.82. The van der Waals surface area contributed by atoms with Gasteiger partial charge in [-0.05, 0) is 38.5 Å². The SMILES string of the molecule is CCOC(=O)C(C)(C)C(O)c1cc(Cl)c2c(c1)OCO2. The molecule has 1 aromatic rings. The quantitative estimate of drug-likeness (QED) is 0.866. The van der Waals surface area contributed by atoms with E-state index < -0.39 is 17.5 Å². The summed E-state index contributed by atoms with van der Waals surface area (Å²) in [7, 11) is 0. The summed E-state index contributed by atoms with van der Waals surface area (Å²) in [5.74, 6) is 0.448. The zero-order chi connectivity index (χ0) is 14.9. The Bertz CT molecular complexity index is 527. The molecule has 1 aromatic carbocycles. The standard InChI is InChI=1S/C14H17ClO5/c1-4-18-13(17)14(2,3)12(16)8-5-9(15)11-10(6-8)19-7-20-11/h5-6,12,16H,4,7H2,1-3H3. The second kappa shape index (κ2) is 5.50. The highest BCUT2D eigenvalue weighted by molar-refractivity contribution is 6.32. The Morgan fingerprint density at radius 2 is 2.20 bits per heavy atom. The van der Waals surface area contributed by atoms with Gasteiger partial charge in [0.15, 0.2) is 11.5 Å². The fourth-order valence-electron chi connectivity index (χ4n) is 1.99. The lowest BCUT2D eigenvalue weighted by Gasteiger charge is -2.28. The molecule has 1 N–H and O–H groups in total. The van der Waals surface area contributed by atoms with Crippen molar-refractivity contribution in [2.75, 3.05) is 13.4 Å². The van der Waals surface area contributed by atoms with Crippen LogP contribution in [-0.2, 0) is 9.53 Å². The van der Waals surface area contributed by atoms with Gasteiger partial charge in [0.25, 0.3) is 0 Å². The highest BCUT2D eigenvalue weighted by atomic mass is 35.5. The molecule has 20 heavy (non-hydrogen) atoms. The van der Waals surface area contributed by atoms with Crippen molar-refractivity contribution in [1.82, 2.24) is 0 Å². The number of hydrogen-bond acceptors (Lipinski definition) is 5. The predicted molar refractivity (Wildman–Crippen MR) is 72.9 cm³/mol. The maximum Gasteiger partial charge on any atom is 0.314 e. The molecule has 5 nitrogen and oxygen atoms in total. The van der Waals surface area contributed by atoms with Gasteiger partial charge >= 0.3 is 5.97 Å². The van der Waals surface area contributed by atoms with Gasteiger partial charge in [0.05, 0.1) is 23.1 Å². The minimum absolute atomic E-state index is 0.0931. The average molecular weight is 301 g/mol. The van der Waals surface area contributed by atoms with Crippen LogP contribution in [0.25, 0.3) is 0 Å². The van der Waals surface area contributed by atoms with Crippen molar-refractivity contribution in [2.45, 2.75) is 26.9 Å². The number of esters is 1. The van der Waals surface area contributed by atoms with Crippen LogP contribution in [-0.4, -0.2) is 24.5 Å². The van der Waals surface area contributed by atoms with Gasteiger partial charge in [-0.3, -0.25) is 4.79 Å². The van der Waals surface area contributed by atoms with E-state index >= 15 is 0 Å². The van der Waals surface area contributed by atoms with Crippen LogP contribution in [0.1, 0.15) is 32.4 Å². The Labute approximate surface area is 122 Å². The van der Waals surface area contributed by atoms with E-state index in [-0.39, 0.29) is 13.4 Å². The minimum atomic E-state index is -1.09. The number of halogens is 1. The molecule has 1 heterocycles. The van der Waals surface area contributed by atoms with E-state index in [1.165, 1.54) is 0 Å². The third-order valence-electron chi connectivity index (χ3n) is 3.25. The predicted octanol–water partition coefficient (Wildman–Crippen LogP) is 2.69. The zero-order valence-electron chi connectivity index (χ0n) is 11.6. The van der Waals surface area contributed by atoms with Gasteiger partial charge in [-0.25, -0.2) is 0 Å². The van der Waals surface area contributed by atoms with Gasteiger partial charge in [0, 0.05) is 0 Å². The highest BCUT2D eigenvalue weighted by Crippen LogP contribution is 2.44. The second-order valence-corrected chi connectivity index (χ2v) is 5.49. The van der Waals surface area contributed by atoms with E-state index in [4.69, 9.17) is 25.8 Å². The normalized spacial score (nSPS) is 15.1. The smallest absolute Gasteiger partial charge is 0.314 e. The van der Waals surface area contributed by atoms with Crippen molar-refractivity contribution in [2.24, 2.45) is 5.41 Å². The number of hydrogen-bond donors (Lipinski definition) is 1. The summed E-state index contributed by atoms with van der Waals surface area (Å²) in [4.78, 5) is 11.9. The second-order valence-electron chi connectivity index (χ2n) is 5.08. The highest BCUT2D eigenvalue weighted by Gasteiger charge is 2.39. The largest absolute Gasteiger partial charge is 0.465 e. The van der Waals surface area contributed by atoms with E-state index in [2.05, 4.69) is 0 Å². The summed E-state index contributed by atoms with van der Waals surface area (Å²) < 4.78 is 15.4. The zero-order valence-corrected chi connectivity index (χ0v) is 12.4. The molecule has 0 spiro atoms. The number of benzene rings is 1. The fourth-order valence-corrected chi connectivity index (χ4v) is 2.26. The van der Waals surface area contributed by atoms with Crippen LogP contribution >= 0.6 is 11.6 Å². The first-order chi connectivity index (χ1) is 9.37. The number of aliphatic hydroxyl groups is 1. The molecule has 0 saturated carbocycles. The summed E-state index contributed by atoms with van der Waals surface area (Å²) in [6, 6.07) is 3.20. The van der Waals surface area contributed by atoms with Crippen molar-refractivity contribution >= 4 is 17.6 Å². The Balaban J connectivity index is 2.31. The number of rotatable bonds is 4. The molecule has 2 rings (SSSR count). The van der Waals surface area contributed by atoms with Crippen LogP contribution in [0, 0.1) is 5.41 Å². The molecule has 0 amide bonds. The van der Waals surface area contributed by atoms with Gasteiger partial charge < -0.3 is 19.3 Å². The Morgan fingerprint density at radius 3 is 2.85 bits per heavy atom. The Kier molecular flexibility index (Phi) is 4.11. The molecular formula is C14H17ClO5. The lowest BCUT2D eigenvalue weighted by molar-refractivity contribution is -0.160. The third kappa shape index (κ3) is 2.55. The average Bonchev–Trinajstić information content (AvgIpc) is 2.86. The number of ether oxygens (including phenoxy) is 3. The van der Waals surface area contributed by atoms with Crippen LogP contribution in [0.3, 0.4) is 0 Å². The van der Waals surface area contributed by atoms with Crippen molar-refractivity contribution in [3.05, 3.63) is 22.7 Å². The summed E-state index contributed by atoms with van der Waals surface area (Å²) >= 11 is 6.08. The molecule has 0 saturated heterocycles. The third-order valence-corrected chi connectivity index (χ3v) is 3.53. The van der Waals surface area contributed by atoms with E-state index in [0.29, 0.717) is 22.1 Å². The Morgan fingerprint density at radius 1 is 1.50 bits per heavy atom. The van der Waals surface area contributed by atoms with Crippen molar-refractivity contribution in [1.29, 1.82) is 0 Å². The molecule has 0 aromatic heterocycles. The number of carbonyl (C=O) groups is 1. The molecular weight excluding hydrogens is 284 g/mol. The molecule has 110 valence electrons. The van der Waals surface area contributed by atoms with Crippen molar-refractivity contribution < 1.29 is 24.1 Å². The van der Waals surface area contributed by atoms with Crippen molar-refractivity contribution in [3.63, 3.8) is 0 Å². The van der Waals surface area contributed by atoms with Gasteiger partial charge in [0.1, 0.15) is 0 Å². The van der Waals surface area contributed by atoms with E-state index in [1.807, 2.05) is 0 Å². The van der Waals surface area contributed by atoms with E-state index in [9.17, 15) is 9.90 Å². The summed E-state index contributed by atoms with van der Waals surface area (Å²) in [6.07, 6.45) is -1.06. The Hall–Kier alpha value is -1.46. The van der Waals surface area contributed by atoms with Gasteiger partial charge in [-0.2, -0.15) is 0 Å². The molecule has 0 fully saturated rings. The summed E-state index contributed by atoms with van der Waals surface area (Å²) in [5, 5.41) is 10.8. The topological polar surface area (TPSA) is 65.0 Å². The van der Waals surface area contributed by atoms with Crippen LogP contribution in [0.2, 0.25) is 5.02 Å². The number of carbonyl (C=O) groups excluding carboxylic acids is 1. The first-order valence-electron chi connectivity index (χ1n) is 6.32. The fraction of sp³-hybridized carbons (Fsp3) is 0.500. The minimum Gasteiger partial charge on any atom is -0.465 e. The van der Waals surface area contributed by atoms with Crippen molar-refractivity contribution in [3.8, 4) is 11.5 Å². The van der Waals surface area contributed by atoms with Crippen LogP contribution < -0.4 is 9.47 Å².